The number of nitrogens with zero attached hydrogens (tertiary/aromatic N) is 1. The fourth-order valence-corrected chi connectivity index (χ4v) is 2.65. The number of carboxylic acid groups (broad SMARTS) is 1. The number of carbonyl (C=O) groups is 2. The molecule has 6 nitrogen and oxygen atoms in total. The average molecular weight is 314 g/mol. The number of amides is 1. The Bertz CT molecular complexity index is 550. The van der Waals surface area contributed by atoms with Crippen molar-refractivity contribution in [2.24, 2.45) is 5.92 Å². The highest BCUT2D eigenvalue weighted by molar-refractivity contribution is 6.30. The summed E-state index contributed by atoms with van der Waals surface area (Å²) in [5.74, 6) is -2.11. The standard InChI is InChI=1S/C14H16ClNO5/c15-10-3-1-2-8(4-10)13(20)14(21)16-6-9(5-12(18)19)11(17)7-16/h1-4,9,11,13,17,20H,5-7H2,(H,18,19)/t9-,11-,13?/m1/s1. The number of hydrogen-bond acceptors (Lipinski definition) is 4. The average Bonchev–Trinajstić information content (AvgIpc) is 2.78. The van der Waals surface area contributed by atoms with Crippen molar-refractivity contribution in [2.45, 2.75) is 18.6 Å². The molecule has 1 aliphatic heterocycles. The third kappa shape index (κ3) is 3.72. The van der Waals surface area contributed by atoms with Gasteiger partial charge in [0.05, 0.1) is 12.5 Å². The van der Waals surface area contributed by atoms with Gasteiger partial charge in [-0.3, -0.25) is 9.59 Å². The maximum Gasteiger partial charge on any atom is 0.303 e. The number of carboxylic acids is 1. The van der Waals surface area contributed by atoms with E-state index in [1.54, 1.807) is 18.2 Å². The summed E-state index contributed by atoms with van der Waals surface area (Å²) in [6.45, 7) is 0.137. The first-order valence-corrected chi connectivity index (χ1v) is 6.88. The molecule has 0 aromatic heterocycles. The van der Waals surface area contributed by atoms with Gasteiger partial charge in [-0.2, -0.15) is 0 Å². The Kier molecular flexibility index (Phi) is 4.82. The van der Waals surface area contributed by atoms with Crippen molar-refractivity contribution in [1.82, 2.24) is 4.90 Å². The number of aliphatic hydroxyl groups is 2. The van der Waals surface area contributed by atoms with E-state index in [0.717, 1.165) is 0 Å². The number of rotatable bonds is 4. The monoisotopic (exact) mass is 313 g/mol. The summed E-state index contributed by atoms with van der Waals surface area (Å²) in [5, 5.41) is 29.0. The molecule has 7 heteroatoms. The van der Waals surface area contributed by atoms with E-state index < -0.39 is 30.0 Å². The van der Waals surface area contributed by atoms with Gasteiger partial charge in [0.25, 0.3) is 5.91 Å². The minimum atomic E-state index is -1.38. The maximum atomic E-state index is 12.2. The molecule has 1 aromatic rings. The van der Waals surface area contributed by atoms with E-state index in [9.17, 15) is 19.8 Å². The molecule has 1 fully saturated rings. The quantitative estimate of drug-likeness (QED) is 0.759. The number of benzene rings is 1. The van der Waals surface area contributed by atoms with Crippen LogP contribution in [-0.2, 0) is 9.59 Å². The molecule has 1 amide bonds. The normalized spacial score (nSPS) is 23.1. The lowest BCUT2D eigenvalue weighted by atomic mass is 10.0. The van der Waals surface area contributed by atoms with Crippen molar-refractivity contribution < 1.29 is 24.9 Å². The minimum Gasteiger partial charge on any atom is -0.481 e. The summed E-state index contributed by atoms with van der Waals surface area (Å²) in [6.07, 6.45) is -2.48. The molecular weight excluding hydrogens is 298 g/mol. The van der Waals surface area contributed by atoms with Gasteiger partial charge in [-0.25, -0.2) is 0 Å². The SMILES string of the molecule is O=C(O)C[C@@H]1CN(C(=O)C(O)c2cccc(Cl)c2)C[C@H]1O. The van der Waals surface area contributed by atoms with Gasteiger partial charge in [-0.1, -0.05) is 23.7 Å². The highest BCUT2D eigenvalue weighted by Gasteiger charge is 2.37. The first-order chi connectivity index (χ1) is 9.88. The van der Waals surface area contributed by atoms with Crippen molar-refractivity contribution in [3.8, 4) is 0 Å². The zero-order chi connectivity index (χ0) is 15.6. The highest BCUT2D eigenvalue weighted by Crippen LogP contribution is 2.25. The Morgan fingerprint density at radius 3 is 2.71 bits per heavy atom. The van der Waals surface area contributed by atoms with Crippen LogP contribution in [0.25, 0.3) is 0 Å². The fraction of sp³-hybridized carbons (Fsp3) is 0.429. The fourth-order valence-electron chi connectivity index (χ4n) is 2.45. The van der Waals surface area contributed by atoms with Crippen LogP contribution in [-0.4, -0.2) is 51.3 Å². The second-order valence-corrected chi connectivity index (χ2v) is 5.56. The second-order valence-electron chi connectivity index (χ2n) is 5.13. The summed E-state index contributed by atoms with van der Waals surface area (Å²) < 4.78 is 0. The minimum absolute atomic E-state index is 0.0222. The molecule has 3 N–H and O–H groups in total. The lowest BCUT2D eigenvalue weighted by Crippen LogP contribution is -2.34. The zero-order valence-corrected chi connectivity index (χ0v) is 11.9. The van der Waals surface area contributed by atoms with Gasteiger partial charge in [0.2, 0.25) is 0 Å². The first-order valence-electron chi connectivity index (χ1n) is 6.50. The van der Waals surface area contributed by atoms with Crippen LogP contribution in [0.4, 0.5) is 0 Å². The van der Waals surface area contributed by atoms with E-state index in [4.69, 9.17) is 16.7 Å². The summed E-state index contributed by atoms with van der Waals surface area (Å²) in [7, 11) is 0. The number of halogens is 1. The largest absolute Gasteiger partial charge is 0.481 e. The number of aliphatic carboxylic acids is 1. The van der Waals surface area contributed by atoms with Crippen LogP contribution >= 0.6 is 11.6 Å². The van der Waals surface area contributed by atoms with Gasteiger partial charge in [-0.15, -0.1) is 0 Å². The smallest absolute Gasteiger partial charge is 0.303 e. The molecule has 21 heavy (non-hydrogen) atoms. The van der Waals surface area contributed by atoms with Crippen molar-refractivity contribution in [2.75, 3.05) is 13.1 Å². The highest BCUT2D eigenvalue weighted by atomic mass is 35.5. The van der Waals surface area contributed by atoms with Crippen LogP contribution in [0.15, 0.2) is 24.3 Å². The Morgan fingerprint density at radius 1 is 1.38 bits per heavy atom. The topological polar surface area (TPSA) is 98.1 Å². The molecule has 1 aliphatic rings. The van der Waals surface area contributed by atoms with E-state index in [-0.39, 0.29) is 19.5 Å². The molecule has 2 rings (SSSR count). The molecule has 1 unspecified atom stereocenters. The van der Waals surface area contributed by atoms with Crippen LogP contribution in [0.3, 0.4) is 0 Å². The zero-order valence-electron chi connectivity index (χ0n) is 11.1. The Balaban J connectivity index is 2.05. The van der Waals surface area contributed by atoms with Crippen molar-refractivity contribution in [3.05, 3.63) is 34.9 Å². The van der Waals surface area contributed by atoms with Gasteiger partial charge in [0.1, 0.15) is 0 Å². The van der Waals surface area contributed by atoms with Gasteiger partial charge in [0, 0.05) is 24.0 Å². The van der Waals surface area contributed by atoms with E-state index in [1.807, 2.05) is 0 Å². The van der Waals surface area contributed by atoms with Crippen molar-refractivity contribution in [1.29, 1.82) is 0 Å². The number of hydrogen-bond donors (Lipinski definition) is 3. The first kappa shape index (κ1) is 15.8. The molecule has 1 heterocycles. The predicted octanol–water partition coefficient (Wildman–Crippen LogP) is 0.667. The lowest BCUT2D eigenvalue weighted by Gasteiger charge is -2.20. The van der Waals surface area contributed by atoms with E-state index >= 15 is 0 Å². The summed E-state index contributed by atoms with van der Waals surface area (Å²) in [5.41, 5.74) is 0.365. The number of β-amino-alcohol motifs (C(OH)–C–C–N with tert-alkyl or cyclic N) is 1. The molecular formula is C14H16ClNO5. The van der Waals surface area contributed by atoms with Crippen LogP contribution in [0.5, 0.6) is 0 Å². The van der Waals surface area contributed by atoms with E-state index in [1.165, 1.54) is 11.0 Å². The summed E-state index contributed by atoms with van der Waals surface area (Å²) in [6, 6.07) is 6.33. The van der Waals surface area contributed by atoms with Crippen LogP contribution in [0.2, 0.25) is 5.02 Å². The van der Waals surface area contributed by atoms with Crippen molar-refractivity contribution >= 4 is 23.5 Å². The predicted molar refractivity (Wildman–Crippen MR) is 74.7 cm³/mol. The molecule has 0 radical (unpaired) electrons. The number of carbonyl (C=O) groups excluding carboxylic acids is 1. The Labute approximate surface area is 126 Å². The third-order valence-corrected chi connectivity index (χ3v) is 3.79. The second kappa shape index (κ2) is 6.43. The molecule has 0 aliphatic carbocycles. The maximum absolute atomic E-state index is 12.2. The molecule has 1 saturated heterocycles. The van der Waals surface area contributed by atoms with Gasteiger partial charge in [-0.05, 0) is 17.7 Å². The van der Waals surface area contributed by atoms with Gasteiger partial charge >= 0.3 is 5.97 Å². The molecule has 0 saturated carbocycles. The summed E-state index contributed by atoms with van der Waals surface area (Å²) in [4.78, 5) is 24.2. The Hall–Kier alpha value is -1.63. The number of likely N-dealkylation sites (tertiary alicyclic amines) is 1. The van der Waals surface area contributed by atoms with E-state index in [0.29, 0.717) is 10.6 Å². The Morgan fingerprint density at radius 2 is 2.10 bits per heavy atom. The van der Waals surface area contributed by atoms with Gasteiger partial charge < -0.3 is 20.2 Å². The molecule has 1 aromatic carbocycles. The van der Waals surface area contributed by atoms with Crippen LogP contribution < -0.4 is 0 Å². The third-order valence-electron chi connectivity index (χ3n) is 3.55. The lowest BCUT2D eigenvalue weighted by molar-refractivity contribution is -0.141. The van der Waals surface area contributed by atoms with Gasteiger partial charge in [0.15, 0.2) is 6.10 Å². The molecule has 0 spiro atoms. The van der Waals surface area contributed by atoms with Crippen molar-refractivity contribution in [3.63, 3.8) is 0 Å². The van der Waals surface area contributed by atoms with Crippen LogP contribution in [0, 0.1) is 5.92 Å². The van der Waals surface area contributed by atoms with E-state index in [2.05, 4.69) is 0 Å². The number of aliphatic hydroxyl groups excluding tert-OH is 2. The van der Waals surface area contributed by atoms with Crippen LogP contribution in [0.1, 0.15) is 18.1 Å². The molecule has 0 bridgehead atoms. The molecule has 114 valence electrons. The summed E-state index contributed by atoms with van der Waals surface area (Å²) >= 11 is 5.82. The molecule has 3 atom stereocenters.